The standard InChI is InChI=1S/C17H17ClN2S.C4H4O4/c1-12(2)10-20(13-6-8-19-9-7-13)15-11-21-16-5-3-4-14(18)17(15)16;5-3(6)1-2-4(7)8/h3-9,11-12H,10H2,1-2H3;1-2H,(H,5,6)(H,7,8)/b;2-1+. The maximum absolute atomic E-state index is 9.55. The van der Waals surface area contributed by atoms with E-state index in [0.29, 0.717) is 18.1 Å². The summed E-state index contributed by atoms with van der Waals surface area (Å²) in [4.78, 5) is 25.6. The predicted molar refractivity (Wildman–Crippen MR) is 117 cm³/mol. The number of aromatic nitrogens is 1. The fourth-order valence-electron chi connectivity index (χ4n) is 2.60. The zero-order valence-corrected chi connectivity index (χ0v) is 17.5. The minimum atomic E-state index is -1.26. The van der Waals surface area contributed by atoms with Crippen LogP contribution in [0.1, 0.15) is 13.8 Å². The molecular weight excluding hydrogens is 412 g/mol. The van der Waals surface area contributed by atoms with Gasteiger partial charge in [-0.25, -0.2) is 9.59 Å². The third kappa shape index (κ3) is 6.58. The van der Waals surface area contributed by atoms with Crippen molar-refractivity contribution in [2.45, 2.75) is 13.8 Å². The lowest BCUT2D eigenvalue weighted by molar-refractivity contribution is -0.134. The zero-order valence-electron chi connectivity index (χ0n) is 15.9. The van der Waals surface area contributed by atoms with Gasteiger partial charge in [-0.2, -0.15) is 0 Å². The van der Waals surface area contributed by atoms with Crippen LogP contribution < -0.4 is 4.90 Å². The Kier molecular flexibility index (Phi) is 8.18. The molecule has 0 radical (unpaired) electrons. The smallest absolute Gasteiger partial charge is 0.328 e. The van der Waals surface area contributed by atoms with Gasteiger partial charge in [-0.1, -0.05) is 31.5 Å². The van der Waals surface area contributed by atoms with Crippen LogP contribution in [0, 0.1) is 5.92 Å². The number of hydrogen-bond acceptors (Lipinski definition) is 5. The summed E-state index contributed by atoms with van der Waals surface area (Å²) < 4.78 is 1.22. The van der Waals surface area contributed by atoms with Gasteiger partial charge in [-0.3, -0.25) is 4.98 Å². The lowest BCUT2D eigenvalue weighted by atomic mass is 10.1. The lowest BCUT2D eigenvalue weighted by Crippen LogP contribution is -2.22. The number of halogens is 1. The van der Waals surface area contributed by atoms with Crippen LogP contribution >= 0.6 is 22.9 Å². The van der Waals surface area contributed by atoms with E-state index in [1.165, 1.54) is 10.4 Å². The van der Waals surface area contributed by atoms with Crippen molar-refractivity contribution >= 4 is 56.3 Å². The molecule has 0 unspecified atom stereocenters. The van der Waals surface area contributed by atoms with Crippen molar-refractivity contribution in [1.82, 2.24) is 4.98 Å². The second-order valence-corrected chi connectivity index (χ2v) is 7.77. The van der Waals surface area contributed by atoms with Crippen LogP contribution in [0.2, 0.25) is 5.02 Å². The van der Waals surface area contributed by atoms with Gasteiger partial charge in [0.1, 0.15) is 0 Å². The molecule has 0 fully saturated rings. The first-order valence-electron chi connectivity index (χ1n) is 8.76. The normalized spacial score (nSPS) is 10.8. The number of thiophene rings is 1. The Morgan fingerprint density at radius 2 is 1.76 bits per heavy atom. The second kappa shape index (κ2) is 10.6. The molecule has 0 bridgehead atoms. The number of carboxylic acids is 2. The minimum absolute atomic E-state index is 0.551. The molecule has 2 N–H and O–H groups in total. The SMILES string of the molecule is CC(C)CN(c1ccncc1)c1csc2cccc(Cl)c12.O=C(O)/C=C/C(=O)O. The zero-order chi connectivity index (χ0) is 21.4. The third-order valence-electron chi connectivity index (χ3n) is 3.71. The van der Waals surface area contributed by atoms with Gasteiger partial charge in [-0.05, 0) is 30.2 Å². The monoisotopic (exact) mass is 432 g/mol. The topological polar surface area (TPSA) is 90.7 Å². The number of fused-ring (bicyclic) bond motifs is 1. The Hall–Kier alpha value is -2.90. The van der Waals surface area contributed by atoms with Crippen molar-refractivity contribution in [2.24, 2.45) is 5.92 Å². The summed E-state index contributed by atoms with van der Waals surface area (Å²) in [5, 5.41) is 19.8. The number of nitrogens with zero attached hydrogens (tertiary/aromatic N) is 2. The van der Waals surface area contributed by atoms with Crippen LogP contribution in [0.4, 0.5) is 11.4 Å². The molecular formula is C21H21ClN2O4S. The van der Waals surface area contributed by atoms with Crippen molar-refractivity contribution in [3.8, 4) is 0 Å². The molecule has 1 aromatic carbocycles. The minimum Gasteiger partial charge on any atom is -0.478 e. The Morgan fingerprint density at radius 3 is 2.31 bits per heavy atom. The first-order chi connectivity index (χ1) is 13.8. The summed E-state index contributed by atoms with van der Waals surface area (Å²) in [6.07, 6.45) is 4.78. The number of benzene rings is 1. The summed E-state index contributed by atoms with van der Waals surface area (Å²) in [5.74, 6) is -1.96. The van der Waals surface area contributed by atoms with E-state index in [-0.39, 0.29) is 0 Å². The molecule has 0 aliphatic heterocycles. The van der Waals surface area contributed by atoms with Crippen molar-refractivity contribution < 1.29 is 19.8 Å². The fourth-order valence-corrected chi connectivity index (χ4v) is 3.90. The maximum atomic E-state index is 9.55. The molecule has 152 valence electrons. The van der Waals surface area contributed by atoms with Gasteiger partial charge in [-0.15, -0.1) is 11.3 Å². The van der Waals surface area contributed by atoms with Crippen LogP contribution in [0.15, 0.2) is 60.3 Å². The molecule has 8 heteroatoms. The van der Waals surface area contributed by atoms with E-state index in [1.54, 1.807) is 11.3 Å². The quantitative estimate of drug-likeness (QED) is 0.503. The van der Waals surface area contributed by atoms with Crippen LogP contribution in [0.25, 0.3) is 10.1 Å². The average Bonchev–Trinajstić information content (AvgIpc) is 3.11. The number of aliphatic carboxylic acids is 2. The Labute approximate surface area is 177 Å². The van der Waals surface area contributed by atoms with Crippen molar-refractivity contribution in [1.29, 1.82) is 0 Å². The molecule has 29 heavy (non-hydrogen) atoms. The number of rotatable bonds is 6. The molecule has 0 amide bonds. The van der Waals surface area contributed by atoms with Crippen LogP contribution in [-0.4, -0.2) is 33.7 Å². The molecule has 0 saturated heterocycles. The molecule has 3 aromatic rings. The summed E-state index contributed by atoms with van der Waals surface area (Å²) in [5.41, 5.74) is 2.33. The van der Waals surface area contributed by atoms with Gasteiger partial charge in [0.2, 0.25) is 0 Å². The summed E-state index contributed by atoms with van der Waals surface area (Å²) in [6, 6.07) is 10.2. The largest absolute Gasteiger partial charge is 0.478 e. The van der Waals surface area contributed by atoms with Crippen molar-refractivity contribution in [3.05, 3.63) is 65.3 Å². The Bertz CT molecular complexity index is 986. The molecule has 0 aliphatic rings. The van der Waals surface area contributed by atoms with Gasteiger partial charge >= 0.3 is 11.9 Å². The number of carbonyl (C=O) groups is 2. The van der Waals surface area contributed by atoms with Crippen LogP contribution in [0.3, 0.4) is 0 Å². The van der Waals surface area contributed by atoms with Gasteiger partial charge in [0.25, 0.3) is 0 Å². The molecule has 2 aromatic heterocycles. The van der Waals surface area contributed by atoms with Gasteiger partial charge in [0.15, 0.2) is 0 Å². The van der Waals surface area contributed by atoms with E-state index in [9.17, 15) is 9.59 Å². The highest BCUT2D eigenvalue weighted by atomic mass is 35.5. The molecule has 0 saturated carbocycles. The molecule has 0 spiro atoms. The highest BCUT2D eigenvalue weighted by Gasteiger charge is 2.17. The third-order valence-corrected chi connectivity index (χ3v) is 4.96. The van der Waals surface area contributed by atoms with E-state index in [4.69, 9.17) is 21.8 Å². The molecule has 0 aliphatic carbocycles. The highest BCUT2D eigenvalue weighted by molar-refractivity contribution is 7.18. The predicted octanol–water partition coefficient (Wildman–Crippen LogP) is 5.46. The first-order valence-corrected chi connectivity index (χ1v) is 10.0. The number of hydrogen-bond donors (Lipinski definition) is 2. The molecule has 3 rings (SSSR count). The molecule has 2 heterocycles. The van der Waals surface area contributed by atoms with Crippen LogP contribution in [-0.2, 0) is 9.59 Å². The van der Waals surface area contributed by atoms with Crippen molar-refractivity contribution in [3.63, 3.8) is 0 Å². The van der Waals surface area contributed by atoms with E-state index in [2.05, 4.69) is 35.2 Å². The van der Waals surface area contributed by atoms with Crippen molar-refractivity contribution in [2.75, 3.05) is 11.4 Å². The highest BCUT2D eigenvalue weighted by Crippen LogP contribution is 2.40. The van der Waals surface area contributed by atoms with E-state index < -0.39 is 11.9 Å². The van der Waals surface area contributed by atoms with Gasteiger partial charge in [0.05, 0.1) is 10.7 Å². The van der Waals surface area contributed by atoms with Gasteiger partial charge in [0, 0.05) is 52.2 Å². The summed E-state index contributed by atoms with van der Waals surface area (Å²) in [7, 11) is 0. The Morgan fingerprint density at radius 1 is 1.14 bits per heavy atom. The van der Waals surface area contributed by atoms with Crippen LogP contribution in [0.5, 0.6) is 0 Å². The average molecular weight is 433 g/mol. The second-order valence-electron chi connectivity index (χ2n) is 6.45. The summed E-state index contributed by atoms with van der Waals surface area (Å²) in [6.45, 7) is 5.40. The Balaban J connectivity index is 0.000000321. The molecule has 0 atom stereocenters. The lowest BCUT2D eigenvalue weighted by Gasteiger charge is -2.26. The first kappa shape index (κ1) is 22.4. The fraction of sp³-hybridized carbons (Fsp3) is 0.190. The van der Waals surface area contributed by atoms with E-state index >= 15 is 0 Å². The van der Waals surface area contributed by atoms with E-state index in [1.807, 2.05) is 36.7 Å². The van der Waals surface area contributed by atoms with Gasteiger partial charge < -0.3 is 15.1 Å². The number of pyridine rings is 1. The number of carboxylic acid groups (broad SMARTS) is 2. The van der Waals surface area contributed by atoms with E-state index in [0.717, 1.165) is 22.6 Å². The summed E-state index contributed by atoms with van der Waals surface area (Å²) >= 11 is 8.18. The number of anilines is 2. The maximum Gasteiger partial charge on any atom is 0.328 e. The molecule has 6 nitrogen and oxygen atoms in total.